The van der Waals surface area contributed by atoms with E-state index in [-0.39, 0.29) is 5.69 Å². The minimum absolute atomic E-state index is 0.0547. The maximum atomic E-state index is 11.1. The fraction of sp³-hybridized carbons (Fsp3) is 0.545. The van der Waals surface area contributed by atoms with Gasteiger partial charge >= 0.3 is 5.97 Å². The van der Waals surface area contributed by atoms with Crippen LogP contribution in [0.5, 0.6) is 0 Å². The van der Waals surface area contributed by atoms with Gasteiger partial charge in [-0.05, 0) is 6.92 Å². The molecule has 1 N–H and O–H groups in total. The van der Waals surface area contributed by atoms with Crippen molar-refractivity contribution in [1.29, 1.82) is 0 Å². The lowest BCUT2D eigenvalue weighted by Crippen LogP contribution is -2.14. The van der Waals surface area contributed by atoms with E-state index in [1.54, 1.807) is 7.11 Å². The quantitative estimate of drug-likeness (QED) is 0.770. The first-order valence-corrected chi connectivity index (χ1v) is 6.04. The molecule has 0 saturated heterocycles. The van der Waals surface area contributed by atoms with E-state index in [1.165, 1.54) is 4.68 Å². The van der Waals surface area contributed by atoms with Gasteiger partial charge in [0.15, 0.2) is 11.5 Å². The number of carbonyl (C=O) groups is 1. The first-order chi connectivity index (χ1) is 9.54. The number of ether oxygens (including phenoxy) is 1. The zero-order valence-corrected chi connectivity index (χ0v) is 11.6. The summed E-state index contributed by atoms with van der Waals surface area (Å²) in [5.41, 5.74) is 0.459. The molecule has 0 saturated carbocycles. The number of aryl methyl sites for hydroxylation is 1. The van der Waals surface area contributed by atoms with E-state index < -0.39 is 5.97 Å². The molecule has 9 heteroatoms. The van der Waals surface area contributed by atoms with Gasteiger partial charge < -0.3 is 14.4 Å². The average Bonchev–Trinajstić information content (AvgIpc) is 2.95. The molecule has 2 heterocycles. The van der Waals surface area contributed by atoms with Crippen molar-refractivity contribution in [3.05, 3.63) is 23.0 Å². The molecule has 0 spiro atoms. The van der Waals surface area contributed by atoms with Crippen molar-refractivity contribution in [3.8, 4) is 0 Å². The summed E-state index contributed by atoms with van der Waals surface area (Å²) >= 11 is 0. The Morgan fingerprint density at radius 2 is 2.10 bits per heavy atom. The average molecular weight is 280 g/mol. The van der Waals surface area contributed by atoms with Crippen LogP contribution in [0.15, 0.2) is 0 Å². The van der Waals surface area contributed by atoms with Crippen LogP contribution in [-0.2, 0) is 24.8 Å². The molecule has 2 aromatic heterocycles. The van der Waals surface area contributed by atoms with Gasteiger partial charge in [0.2, 0.25) is 0 Å². The number of methoxy groups -OCH3 is 1. The Hall–Kier alpha value is -2.29. The van der Waals surface area contributed by atoms with Crippen LogP contribution in [0.3, 0.4) is 0 Å². The first-order valence-electron chi connectivity index (χ1n) is 6.04. The van der Waals surface area contributed by atoms with Gasteiger partial charge in [-0.1, -0.05) is 5.21 Å². The van der Waals surface area contributed by atoms with E-state index in [4.69, 9.17) is 9.84 Å². The van der Waals surface area contributed by atoms with Crippen molar-refractivity contribution in [2.75, 3.05) is 13.7 Å². The highest BCUT2D eigenvalue weighted by atomic mass is 16.5. The molecule has 0 aliphatic heterocycles. The van der Waals surface area contributed by atoms with Crippen LogP contribution in [0.4, 0.5) is 0 Å². The van der Waals surface area contributed by atoms with Crippen LogP contribution >= 0.6 is 0 Å². The number of carboxylic acids is 1. The molecule has 0 aromatic carbocycles. The summed E-state index contributed by atoms with van der Waals surface area (Å²) < 4.78 is 8.33. The van der Waals surface area contributed by atoms with Crippen LogP contribution in [-0.4, -0.2) is 54.6 Å². The molecule has 0 aliphatic rings. The predicted molar refractivity (Wildman–Crippen MR) is 67.4 cm³/mol. The number of nitrogens with zero attached hydrogens (tertiary/aromatic N) is 6. The molecule has 0 atom stereocenters. The third-order valence-electron chi connectivity index (χ3n) is 3.06. The van der Waals surface area contributed by atoms with Gasteiger partial charge in [0.05, 0.1) is 12.3 Å². The molecule has 0 radical (unpaired) electrons. The number of hydrogen-bond acceptors (Lipinski definition) is 6. The normalized spacial score (nSPS) is 10.9. The second-order valence-electron chi connectivity index (χ2n) is 4.31. The monoisotopic (exact) mass is 280 g/mol. The third kappa shape index (κ3) is 2.67. The number of aromatic nitrogens is 6. The predicted octanol–water partition coefficient (Wildman–Crippen LogP) is -0.350. The van der Waals surface area contributed by atoms with E-state index in [0.717, 1.165) is 5.82 Å². The summed E-state index contributed by atoms with van der Waals surface area (Å²) in [4.78, 5) is 11.1. The van der Waals surface area contributed by atoms with Gasteiger partial charge in [-0.25, -0.2) is 9.48 Å². The Balaban J connectivity index is 2.31. The van der Waals surface area contributed by atoms with Crippen molar-refractivity contribution in [2.45, 2.75) is 19.9 Å². The lowest BCUT2D eigenvalue weighted by molar-refractivity contribution is 0.0688. The molecule has 0 amide bonds. The molecule has 2 rings (SSSR count). The molecule has 20 heavy (non-hydrogen) atoms. The van der Waals surface area contributed by atoms with Crippen LogP contribution in [0.2, 0.25) is 0 Å². The van der Waals surface area contributed by atoms with E-state index >= 15 is 0 Å². The van der Waals surface area contributed by atoms with Gasteiger partial charge in [0, 0.05) is 20.6 Å². The molecule has 2 aromatic rings. The fourth-order valence-corrected chi connectivity index (χ4v) is 1.79. The Morgan fingerprint density at radius 1 is 1.35 bits per heavy atom. The Labute approximate surface area is 115 Å². The zero-order valence-electron chi connectivity index (χ0n) is 11.6. The molecule has 0 unspecified atom stereocenters. The van der Waals surface area contributed by atoms with Crippen LogP contribution in [0.25, 0.3) is 0 Å². The highest BCUT2D eigenvalue weighted by Crippen LogP contribution is 2.09. The van der Waals surface area contributed by atoms with Gasteiger partial charge in [0.1, 0.15) is 12.4 Å². The summed E-state index contributed by atoms with van der Waals surface area (Å²) in [5.74, 6) is 0.358. The van der Waals surface area contributed by atoms with Gasteiger partial charge in [-0.3, -0.25) is 0 Å². The topological polar surface area (TPSA) is 108 Å². The molecular formula is C11H16N6O3. The van der Waals surface area contributed by atoms with E-state index in [1.807, 2.05) is 18.5 Å². The summed E-state index contributed by atoms with van der Waals surface area (Å²) in [6.07, 6.45) is 0.419. The lowest BCUT2D eigenvalue weighted by atomic mass is 10.2. The van der Waals surface area contributed by atoms with Crippen molar-refractivity contribution in [2.24, 2.45) is 7.05 Å². The second kappa shape index (κ2) is 5.78. The molecule has 0 fully saturated rings. The molecular weight excluding hydrogens is 264 g/mol. The van der Waals surface area contributed by atoms with Crippen molar-refractivity contribution in [1.82, 2.24) is 29.8 Å². The zero-order chi connectivity index (χ0) is 14.7. The van der Waals surface area contributed by atoms with E-state index in [2.05, 4.69) is 20.5 Å². The Bertz CT molecular complexity index is 618. The standard InChI is InChI=1S/C11H16N6O3/c1-7-12-13-9(16(7)2)6-17-8(4-5-20-3)10(11(18)19)14-15-17/h4-6H2,1-3H3,(H,18,19). The lowest BCUT2D eigenvalue weighted by Gasteiger charge is -2.06. The van der Waals surface area contributed by atoms with Crippen LogP contribution < -0.4 is 0 Å². The first kappa shape index (κ1) is 14.1. The summed E-state index contributed by atoms with van der Waals surface area (Å²) in [7, 11) is 3.40. The minimum atomic E-state index is -1.10. The van der Waals surface area contributed by atoms with E-state index in [9.17, 15) is 4.79 Å². The van der Waals surface area contributed by atoms with Crippen molar-refractivity contribution < 1.29 is 14.6 Å². The maximum Gasteiger partial charge on any atom is 0.358 e. The van der Waals surface area contributed by atoms with Crippen molar-refractivity contribution >= 4 is 5.97 Å². The number of carboxylic acid groups (broad SMARTS) is 1. The maximum absolute atomic E-state index is 11.1. The largest absolute Gasteiger partial charge is 0.476 e. The Kier molecular flexibility index (Phi) is 4.08. The van der Waals surface area contributed by atoms with Gasteiger partial charge in [0.25, 0.3) is 0 Å². The number of hydrogen-bond donors (Lipinski definition) is 1. The minimum Gasteiger partial charge on any atom is -0.476 e. The number of rotatable bonds is 6. The van der Waals surface area contributed by atoms with E-state index in [0.29, 0.717) is 31.1 Å². The highest BCUT2D eigenvalue weighted by molar-refractivity contribution is 5.86. The van der Waals surface area contributed by atoms with Gasteiger partial charge in [-0.2, -0.15) is 0 Å². The van der Waals surface area contributed by atoms with Crippen molar-refractivity contribution in [3.63, 3.8) is 0 Å². The summed E-state index contributed by atoms with van der Waals surface area (Å²) in [5, 5.41) is 24.7. The van der Waals surface area contributed by atoms with Crippen LogP contribution in [0, 0.1) is 6.92 Å². The summed E-state index contributed by atoms with van der Waals surface area (Å²) in [6, 6.07) is 0. The Morgan fingerprint density at radius 3 is 2.65 bits per heavy atom. The molecule has 9 nitrogen and oxygen atoms in total. The molecule has 0 bridgehead atoms. The van der Waals surface area contributed by atoms with Gasteiger partial charge in [-0.15, -0.1) is 15.3 Å². The molecule has 108 valence electrons. The highest BCUT2D eigenvalue weighted by Gasteiger charge is 2.20. The SMILES string of the molecule is COCCc1c(C(=O)O)nnn1Cc1nnc(C)n1C. The second-order valence-corrected chi connectivity index (χ2v) is 4.31. The third-order valence-corrected chi connectivity index (χ3v) is 3.06. The fourth-order valence-electron chi connectivity index (χ4n) is 1.79. The van der Waals surface area contributed by atoms with Crippen LogP contribution in [0.1, 0.15) is 27.8 Å². The number of aromatic carboxylic acids is 1. The smallest absolute Gasteiger partial charge is 0.358 e. The molecule has 0 aliphatic carbocycles. The summed E-state index contributed by atoms with van der Waals surface area (Å²) in [6.45, 7) is 2.55.